The van der Waals surface area contributed by atoms with E-state index in [1.54, 1.807) is 12.4 Å². The molecule has 2 heterocycles. The number of anilines is 1. The summed E-state index contributed by atoms with van der Waals surface area (Å²) in [5.41, 5.74) is 0. The number of aromatic nitrogens is 2. The SMILES string of the molecule is CC1OCCC1N(C)c1cnc(Br)cn1. The molecule has 15 heavy (non-hydrogen) atoms. The fraction of sp³-hybridized carbons (Fsp3) is 0.600. The molecule has 2 rings (SSSR count). The van der Waals surface area contributed by atoms with Crippen molar-refractivity contribution in [3.05, 3.63) is 17.0 Å². The van der Waals surface area contributed by atoms with Crippen molar-refractivity contribution in [1.29, 1.82) is 0 Å². The Balaban J connectivity index is 2.13. The zero-order chi connectivity index (χ0) is 10.8. The van der Waals surface area contributed by atoms with Gasteiger partial charge in [0.1, 0.15) is 10.4 Å². The Kier molecular flexibility index (Phi) is 3.21. The molecule has 5 heteroatoms. The van der Waals surface area contributed by atoms with E-state index in [0.717, 1.165) is 23.4 Å². The van der Waals surface area contributed by atoms with Crippen molar-refractivity contribution in [3.8, 4) is 0 Å². The first kappa shape index (κ1) is 10.8. The van der Waals surface area contributed by atoms with Crippen molar-refractivity contribution >= 4 is 21.7 Å². The van der Waals surface area contributed by atoms with Crippen molar-refractivity contribution in [1.82, 2.24) is 9.97 Å². The summed E-state index contributed by atoms with van der Waals surface area (Å²) in [5.74, 6) is 0.889. The molecule has 82 valence electrons. The van der Waals surface area contributed by atoms with Crippen LogP contribution in [0.5, 0.6) is 0 Å². The van der Waals surface area contributed by atoms with Crippen molar-refractivity contribution in [2.75, 3.05) is 18.6 Å². The zero-order valence-corrected chi connectivity index (χ0v) is 10.4. The van der Waals surface area contributed by atoms with Crippen LogP contribution in [0.2, 0.25) is 0 Å². The van der Waals surface area contributed by atoms with E-state index in [4.69, 9.17) is 4.74 Å². The fourth-order valence-electron chi connectivity index (χ4n) is 1.89. The molecule has 0 aliphatic carbocycles. The second-order valence-corrected chi connectivity index (χ2v) is 4.55. The Morgan fingerprint density at radius 3 is 2.80 bits per heavy atom. The molecule has 1 fully saturated rings. The molecular weight excluding hydrogens is 258 g/mol. The summed E-state index contributed by atoms with van der Waals surface area (Å²) in [4.78, 5) is 10.6. The predicted molar refractivity (Wildman–Crippen MR) is 62.0 cm³/mol. The highest BCUT2D eigenvalue weighted by molar-refractivity contribution is 9.10. The van der Waals surface area contributed by atoms with Gasteiger partial charge in [0.2, 0.25) is 0 Å². The molecule has 0 radical (unpaired) electrons. The van der Waals surface area contributed by atoms with Gasteiger partial charge in [0.25, 0.3) is 0 Å². The lowest BCUT2D eigenvalue weighted by Crippen LogP contribution is -2.37. The third-order valence-corrected chi connectivity index (χ3v) is 3.21. The highest BCUT2D eigenvalue weighted by Crippen LogP contribution is 2.22. The van der Waals surface area contributed by atoms with E-state index in [9.17, 15) is 0 Å². The summed E-state index contributed by atoms with van der Waals surface area (Å²) in [6.07, 6.45) is 4.80. The number of hydrogen-bond donors (Lipinski definition) is 0. The quantitative estimate of drug-likeness (QED) is 0.823. The van der Waals surface area contributed by atoms with Crippen molar-refractivity contribution in [2.24, 2.45) is 0 Å². The van der Waals surface area contributed by atoms with Crippen LogP contribution in [0.15, 0.2) is 17.0 Å². The average Bonchev–Trinajstić information content (AvgIpc) is 2.65. The van der Waals surface area contributed by atoms with E-state index in [2.05, 4.69) is 37.7 Å². The number of ether oxygens (including phenoxy) is 1. The summed E-state index contributed by atoms with van der Waals surface area (Å²) >= 11 is 3.27. The van der Waals surface area contributed by atoms with Gasteiger partial charge in [0.15, 0.2) is 0 Å². The molecule has 1 aliphatic heterocycles. The topological polar surface area (TPSA) is 38.2 Å². The van der Waals surface area contributed by atoms with Gasteiger partial charge in [0.05, 0.1) is 24.5 Å². The molecule has 0 amide bonds. The molecule has 1 aromatic rings. The van der Waals surface area contributed by atoms with E-state index < -0.39 is 0 Å². The van der Waals surface area contributed by atoms with Gasteiger partial charge in [-0.05, 0) is 29.3 Å². The van der Waals surface area contributed by atoms with E-state index in [0.29, 0.717) is 6.04 Å². The largest absolute Gasteiger partial charge is 0.376 e. The van der Waals surface area contributed by atoms with E-state index in [1.165, 1.54) is 0 Å². The summed E-state index contributed by atoms with van der Waals surface area (Å²) < 4.78 is 6.29. The molecular formula is C10H14BrN3O. The second-order valence-electron chi connectivity index (χ2n) is 3.74. The molecule has 0 bridgehead atoms. The van der Waals surface area contributed by atoms with Gasteiger partial charge in [-0.25, -0.2) is 9.97 Å². The van der Waals surface area contributed by atoms with Crippen LogP contribution in [-0.4, -0.2) is 35.8 Å². The Morgan fingerprint density at radius 1 is 1.47 bits per heavy atom. The standard InChI is InChI=1S/C10H14BrN3O/c1-7-8(3-4-15-7)14(2)10-6-12-9(11)5-13-10/h5-8H,3-4H2,1-2H3. The maximum atomic E-state index is 5.53. The third-order valence-electron chi connectivity index (χ3n) is 2.80. The molecule has 4 nitrogen and oxygen atoms in total. The molecule has 0 aromatic carbocycles. The average molecular weight is 272 g/mol. The van der Waals surface area contributed by atoms with Gasteiger partial charge in [-0.1, -0.05) is 0 Å². The van der Waals surface area contributed by atoms with Crippen LogP contribution in [0.3, 0.4) is 0 Å². The van der Waals surface area contributed by atoms with Crippen LogP contribution < -0.4 is 4.90 Å². The van der Waals surface area contributed by atoms with Crippen LogP contribution in [0, 0.1) is 0 Å². The highest BCUT2D eigenvalue weighted by Gasteiger charge is 2.28. The van der Waals surface area contributed by atoms with E-state index >= 15 is 0 Å². The molecule has 0 N–H and O–H groups in total. The Hall–Kier alpha value is -0.680. The summed E-state index contributed by atoms with van der Waals surface area (Å²) in [7, 11) is 2.04. The van der Waals surface area contributed by atoms with Crippen LogP contribution in [0.1, 0.15) is 13.3 Å². The lowest BCUT2D eigenvalue weighted by Gasteiger charge is -2.27. The molecule has 0 saturated carbocycles. The van der Waals surface area contributed by atoms with E-state index in [1.807, 2.05) is 7.05 Å². The van der Waals surface area contributed by atoms with Gasteiger partial charge in [-0.3, -0.25) is 0 Å². The second kappa shape index (κ2) is 4.45. The van der Waals surface area contributed by atoms with Crippen molar-refractivity contribution < 1.29 is 4.74 Å². The molecule has 0 spiro atoms. The Bertz CT molecular complexity index is 330. The number of rotatable bonds is 2. The van der Waals surface area contributed by atoms with Gasteiger partial charge >= 0.3 is 0 Å². The number of halogens is 1. The van der Waals surface area contributed by atoms with Crippen LogP contribution in [0.4, 0.5) is 5.82 Å². The van der Waals surface area contributed by atoms with Gasteiger partial charge in [0, 0.05) is 13.7 Å². The number of likely N-dealkylation sites (N-methyl/N-ethyl adjacent to an activating group) is 1. The first-order valence-corrected chi connectivity index (χ1v) is 5.80. The van der Waals surface area contributed by atoms with E-state index in [-0.39, 0.29) is 6.10 Å². The smallest absolute Gasteiger partial charge is 0.147 e. The zero-order valence-electron chi connectivity index (χ0n) is 8.85. The monoisotopic (exact) mass is 271 g/mol. The minimum absolute atomic E-state index is 0.264. The number of hydrogen-bond acceptors (Lipinski definition) is 4. The highest BCUT2D eigenvalue weighted by atomic mass is 79.9. The minimum atomic E-state index is 0.264. The molecule has 2 atom stereocenters. The summed E-state index contributed by atoms with van der Waals surface area (Å²) in [5, 5.41) is 0. The summed E-state index contributed by atoms with van der Waals surface area (Å²) in [6.45, 7) is 2.93. The Morgan fingerprint density at radius 2 is 2.27 bits per heavy atom. The lowest BCUT2D eigenvalue weighted by atomic mass is 10.1. The van der Waals surface area contributed by atoms with Gasteiger partial charge < -0.3 is 9.64 Å². The maximum absolute atomic E-state index is 5.53. The lowest BCUT2D eigenvalue weighted by molar-refractivity contribution is 0.118. The first-order chi connectivity index (χ1) is 7.18. The Labute approximate surface area is 97.8 Å². The van der Waals surface area contributed by atoms with Crippen molar-refractivity contribution in [3.63, 3.8) is 0 Å². The van der Waals surface area contributed by atoms with Crippen molar-refractivity contribution in [2.45, 2.75) is 25.5 Å². The van der Waals surface area contributed by atoms with Gasteiger partial charge in [-0.2, -0.15) is 0 Å². The third kappa shape index (κ3) is 2.29. The molecule has 1 aromatic heterocycles. The molecule has 1 saturated heterocycles. The van der Waals surface area contributed by atoms with Gasteiger partial charge in [-0.15, -0.1) is 0 Å². The normalized spacial score (nSPS) is 25.5. The fourth-order valence-corrected chi connectivity index (χ4v) is 2.09. The summed E-state index contributed by atoms with van der Waals surface area (Å²) in [6, 6.07) is 0.403. The first-order valence-electron chi connectivity index (χ1n) is 5.00. The van der Waals surface area contributed by atoms with Crippen LogP contribution in [-0.2, 0) is 4.74 Å². The minimum Gasteiger partial charge on any atom is -0.376 e. The molecule has 1 aliphatic rings. The predicted octanol–water partition coefficient (Wildman–Crippen LogP) is 1.85. The maximum Gasteiger partial charge on any atom is 0.147 e. The number of nitrogens with zero attached hydrogens (tertiary/aromatic N) is 3. The van der Waals surface area contributed by atoms with Crippen LogP contribution >= 0.6 is 15.9 Å². The molecule has 2 unspecified atom stereocenters. The van der Waals surface area contributed by atoms with Crippen LogP contribution in [0.25, 0.3) is 0 Å².